The highest BCUT2D eigenvalue weighted by molar-refractivity contribution is 6.00. The average Bonchev–Trinajstić information content (AvgIpc) is 3.11. The van der Waals surface area contributed by atoms with Crippen LogP contribution in [0, 0.1) is 5.92 Å². The Kier molecular flexibility index (Phi) is 5.38. The van der Waals surface area contributed by atoms with Gasteiger partial charge in [-0.3, -0.25) is 14.5 Å². The molecule has 2 N–H and O–H groups in total. The molecule has 2 aliphatic heterocycles. The Bertz CT molecular complexity index is 895. The van der Waals surface area contributed by atoms with E-state index in [1.807, 2.05) is 17.9 Å². The molecule has 2 amide bonds. The van der Waals surface area contributed by atoms with Crippen molar-refractivity contribution in [3.05, 3.63) is 36.0 Å². The zero-order valence-electron chi connectivity index (χ0n) is 17.7. The van der Waals surface area contributed by atoms with Crippen LogP contribution in [-0.4, -0.2) is 57.8 Å². The van der Waals surface area contributed by atoms with E-state index in [0.29, 0.717) is 31.7 Å². The Morgan fingerprint density at radius 3 is 2.59 bits per heavy atom. The highest BCUT2D eigenvalue weighted by atomic mass is 16.2. The van der Waals surface area contributed by atoms with Crippen molar-refractivity contribution < 1.29 is 9.59 Å². The number of nitrogens with one attached hydrogen (secondary N) is 2. The molecule has 29 heavy (non-hydrogen) atoms. The summed E-state index contributed by atoms with van der Waals surface area (Å²) < 4.78 is 0. The maximum atomic E-state index is 13.1. The number of H-pyrrole nitrogens is 1. The number of piperazine rings is 1. The number of carbonyl (C=O) groups excluding carboxylic acids is 2. The van der Waals surface area contributed by atoms with E-state index in [1.165, 1.54) is 10.9 Å². The second kappa shape index (κ2) is 7.82. The summed E-state index contributed by atoms with van der Waals surface area (Å²) in [6.07, 6.45) is 4.16. The number of fused-ring (bicyclic) bond motifs is 1. The Labute approximate surface area is 172 Å². The zero-order chi connectivity index (χ0) is 20.6. The molecule has 1 aromatic carbocycles. The van der Waals surface area contributed by atoms with Crippen LogP contribution in [0.25, 0.3) is 10.9 Å². The Hall–Kier alpha value is -2.34. The van der Waals surface area contributed by atoms with Gasteiger partial charge in [0.25, 0.3) is 0 Å². The van der Waals surface area contributed by atoms with Gasteiger partial charge in [-0.1, -0.05) is 32.0 Å². The number of carbonyl (C=O) groups is 2. The molecule has 6 heteroatoms. The number of rotatable bonds is 5. The fourth-order valence-electron chi connectivity index (χ4n) is 5.05. The normalized spacial score (nSPS) is 22.6. The first-order valence-corrected chi connectivity index (χ1v) is 10.8. The predicted molar refractivity (Wildman–Crippen MR) is 114 cm³/mol. The second-order valence-electron chi connectivity index (χ2n) is 8.91. The van der Waals surface area contributed by atoms with Crippen LogP contribution in [-0.2, 0) is 16.1 Å². The number of para-hydroxylation sites is 1. The summed E-state index contributed by atoms with van der Waals surface area (Å²) in [5, 5.41) is 4.31. The number of amides is 2. The first kappa shape index (κ1) is 20.0. The van der Waals surface area contributed by atoms with E-state index in [4.69, 9.17) is 0 Å². The van der Waals surface area contributed by atoms with E-state index >= 15 is 0 Å². The number of nitrogens with zero attached hydrogens (tertiary/aromatic N) is 2. The summed E-state index contributed by atoms with van der Waals surface area (Å²) in [4.78, 5) is 33.8. The summed E-state index contributed by atoms with van der Waals surface area (Å²) in [5.74, 6) is 0.497. The minimum Gasteiger partial charge on any atom is -0.361 e. The lowest BCUT2D eigenvalue weighted by atomic mass is 9.81. The molecule has 2 fully saturated rings. The van der Waals surface area contributed by atoms with E-state index in [9.17, 15) is 9.59 Å². The smallest absolute Gasteiger partial charge is 0.246 e. The maximum absolute atomic E-state index is 13.1. The molecule has 4 rings (SSSR count). The number of hydrogen-bond acceptors (Lipinski definition) is 3. The molecule has 0 bridgehead atoms. The third-order valence-corrected chi connectivity index (χ3v) is 6.58. The molecule has 2 aromatic rings. The van der Waals surface area contributed by atoms with Gasteiger partial charge in [-0.15, -0.1) is 0 Å². The second-order valence-corrected chi connectivity index (χ2v) is 8.91. The number of benzene rings is 1. The molecule has 6 nitrogen and oxygen atoms in total. The number of piperidine rings is 1. The van der Waals surface area contributed by atoms with Crippen molar-refractivity contribution in [3.8, 4) is 0 Å². The minimum atomic E-state index is -0.684. The molecule has 1 atom stereocenters. The fraction of sp³-hybridized carbons (Fsp3) is 0.565. The Balaban J connectivity index is 1.47. The standard InChI is InChI=1S/C23H32N4O2/c1-4-27-21(28)20(13-16(2)3)25-22(29)23(27)9-11-26(12-10-23)15-17-14-24-19-8-6-5-7-18(17)19/h5-8,14,16,20,24H,4,9-13,15H2,1-3H3,(H,25,29). The molecule has 0 saturated carbocycles. The largest absolute Gasteiger partial charge is 0.361 e. The van der Waals surface area contributed by atoms with Crippen LogP contribution >= 0.6 is 0 Å². The van der Waals surface area contributed by atoms with Crippen molar-refractivity contribution in [1.82, 2.24) is 20.1 Å². The van der Waals surface area contributed by atoms with Crippen molar-refractivity contribution in [1.29, 1.82) is 0 Å². The van der Waals surface area contributed by atoms with Crippen molar-refractivity contribution >= 4 is 22.7 Å². The van der Waals surface area contributed by atoms with Gasteiger partial charge in [0.05, 0.1) is 0 Å². The van der Waals surface area contributed by atoms with Crippen molar-refractivity contribution in [3.63, 3.8) is 0 Å². The van der Waals surface area contributed by atoms with Crippen LogP contribution in [0.4, 0.5) is 0 Å². The lowest BCUT2D eigenvalue weighted by Crippen LogP contribution is -2.72. The predicted octanol–water partition coefficient (Wildman–Crippen LogP) is 2.90. The lowest BCUT2D eigenvalue weighted by molar-refractivity contribution is -0.161. The van der Waals surface area contributed by atoms with E-state index in [0.717, 1.165) is 25.2 Å². The van der Waals surface area contributed by atoms with E-state index in [1.54, 1.807) is 0 Å². The van der Waals surface area contributed by atoms with Gasteiger partial charge in [-0.05, 0) is 43.7 Å². The number of likely N-dealkylation sites (tertiary alicyclic amines) is 1. The molecule has 0 radical (unpaired) electrons. The number of aromatic nitrogens is 1. The third-order valence-electron chi connectivity index (χ3n) is 6.58. The van der Waals surface area contributed by atoms with E-state index < -0.39 is 5.54 Å². The molecule has 1 spiro atoms. The van der Waals surface area contributed by atoms with E-state index in [-0.39, 0.29) is 17.9 Å². The minimum absolute atomic E-state index is 0.0383. The molecule has 2 saturated heterocycles. The molecular formula is C23H32N4O2. The van der Waals surface area contributed by atoms with Gasteiger partial charge in [-0.2, -0.15) is 0 Å². The highest BCUT2D eigenvalue weighted by Crippen LogP contribution is 2.34. The fourth-order valence-corrected chi connectivity index (χ4v) is 5.05. The van der Waals surface area contributed by atoms with Crippen LogP contribution in [0.2, 0.25) is 0 Å². The van der Waals surface area contributed by atoms with Gasteiger partial charge >= 0.3 is 0 Å². The van der Waals surface area contributed by atoms with Gasteiger partial charge in [0.1, 0.15) is 11.6 Å². The van der Waals surface area contributed by atoms with Crippen LogP contribution in [0.5, 0.6) is 0 Å². The number of aromatic amines is 1. The van der Waals surface area contributed by atoms with Crippen molar-refractivity contribution in [2.24, 2.45) is 5.92 Å². The van der Waals surface area contributed by atoms with Gasteiger partial charge in [0, 0.05) is 43.3 Å². The third kappa shape index (κ3) is 3.54. The summed E-state index contributed by atoms with van der Waals surface area (Å²) in [5.41, 5.74) is 1.75. The average molecular weight is 397 g/mol. The summed E-state index contributed by atoms with van der Waals surface area (Å²) in [7, 11) is 0. The summed E-state index contributed by atoms with van der Waals surface area (Å²) in [6, 6.07) is 7.97. The van der Waals surface area contributed by atoms with Crippen molar-refractivity contribution in [2.45, 2.75) is 58.2 Å². The van der Waals surface area contributed by atoms with Gasteiger partial charge < -0.3 is 15.2 Å². The maximum Gasteiger partial charge on any atom is 0.246 e. The van der Waals surface area contributed by atoms with Crippen LogP contribution < -0.4 is 5.32 Å². The number of likely N-dealkylation sites (N-methyl/N-ethyl adjacent to an activating group) is 1. The SMILES string of the molecule is CCN1C(=O)C(CC(C)C)NC(=O)C12CCN(Cc1c[nH]c3ccccc13)CC2. The van der Waals surface area contributed by atoms with E-state index in [2.05, 4.69) is 53.4 Å². The van der Waals surface area contributed by atoms with Crippen LogP contribution in [0.15, 0.2) is 30.5 Å². The topological polar surface area (TPSA) is 68.4 Å². The molecule has 156 valence electrons. The molecule has 3 heterocycles. The van der Waals surface area contributed by atoms with Gasteiger partial charge in [0.15, 0.2) is 0 Å². The zero-order valence-corrected chi connectivity index (χ0v) is 17.7. The molecule has 1 unspecified atom stereocenters. The highest BCUT2D eigenvalue weighted by Gasteiger charge is 2.52. The van der Waals surface area contributed by atoms with Gasteiger partial charge in [-0.25, -0.2) is 0 Å². The number of hydrogen-bond donors (Lipinski definition) is 2. The quantitative estimate of drug-likeness (QED) is 0.817. The summed E-state index contributed by atoms with van der Waals surface area (Å²) in [6.45, 7) is 9.23. The monoisotopic (exact) mass is 396 g/mol. The lowest BCUT2D eigenvalue weighted by Gasteiger charge is -2.51. The summed E-state index contributed by atoms with van der Waals surface area (Å²) >= 11 is 0. The molecule has 2 aliphatic rings. The van der Waals surface area contributed by atoms with Crippen LogP contribution in [0.3, 0.4) is 0 Å². The van der Waals surface area contributed by atoms with Crippen LogP contribution in [0.1, 0.15) is 45.6 Å². The van der Waals surface area contributed by atoms with Crippen molar-refractivity contribution in [2.75, 3.05) is 19.6 Å². The first-order valence-electron chi connectivity index (χ1n) is 10.8. The molecule has 0 aliphatic carbocycles. The van der Waals surface area contributed by atoms with Gasteiger partial charge in [0.2, 0.25) is 11.8 Å². The molecular weight excluding hydrogens is 364 g/mol. The first-order chi connectivity index (χ1) is 13.9. The Morgan fingerprint density at radius 1 is 1.17 bits per heavy atom. The molecule has 1 aromatic heterocycles. The Morgan fingerprint density at radius 2 is 1.90 bits per heavy atom.